The Bertz CT molecular complexity index is 715. The Morgan fingerprint density at radius 3 is 2.58 bits per heavy atom. The van der Waals surface area contributed by atoms with E-state index in [0.717, 1.165) is 10.0 Å². The van der Waals surface area contributed by atoms with E-state index in [9.17, 15) is 0 Å². The van der Waals surface area contributed by atoms with Crippen LogP contribution >= 0.6 is 27.3 Å². The Balaban J connectivity index is 2.09. The first-order chi connectivity index (χ1) is 9.16. The molecule has 1 heterocycles. The minimum Gasteiger partial charge on any atom is -0.320 e. The van der Waals surface area contributed by atoms with E-state index >= 15 is 0 Å². The van der Waals surface area contributed by atoms with Gasteiger partial charge in [-0.15, -0.1) is 11.3 Å². The Morgan fingerprint density at radius 2 is 1.84 bits per heavy atom. The zero-order valence-corrected chi connectivity index (χ0v) is 13.0. The zero-order valence-electron chi connectivity index (χ0n) is 10.6. The average molecular weight is 332 g/mol. The van der Waals surface area contributed by atoms with Gasteiger partial charge in [-0.1, -0.05) is 42.0 Å². The van der Waals surface area contributed by atoms with Gasteiger partial charge in [-0.25, -0.2) is 0 Å². The van der Waals surface area contributed by atoms with Crippen LogP contribution in [0, 0.1) is 6.92 Å². The first-order valence-electron chi connectivity index (χ1n) is 6.14. The fourth-order valence-corrected chi connectivity index (χ4v) is 3.89. The predicted molar refractivity (Wildman–Crippen MR) is 86.7 cm³/mol. The molecular formula is C16H14BrNS. The minimum absolute atomic E-state index is 0.0661. The second-order valence-corrected chi connectivity index (χ2v) is 6.43. The molecule has 3 aromatic rings. The number of aryl methyl sites for hydroxylation is 1. The molecule has 1 unspecified atom stereocenters. The van der Waals surface area contributed by atoms with Gasteiger partial charge in [-0.05, 0) is 50.8 Å². The Kier molecular flexibility index (Phi) is 3.44. The molecule has 96 valence electrons. The summed E-state index contributed by atoms with van der Waals surface area (Å²) < 4.78 is 2.40. The van der Waals surface area contributed by atoms with Crippen LogP contribution in [0.2, 0.25) is 0 Å². The molecule has 0 spiro atoms. The lowest BCUT2D eigenvalue weighted by molar-refractivity contribution is 0.884. The molecular weight excluding hydrogens is 318 g/mol. The quantitative estimate of drug-likeness (QED) is 0.700. The van der Waals surface area contributed by atoms with Crippen molar-refractivity contribution in [2.45, 2.75) is 13.0 Å². The van der Waals surface area contributed by atoms with Crippen molar-refractivity contribution < 1.29 is 0 Å². The van der Waals surface area contributed by atoms with Gasteiger partial charge in [0.05, 0.1) is 6.04 Å². The third-order valence-corrected chi connectivity index (χ3v) is 5.32. The Morgan fingerprint density at radius 1 is 1.11 bits per heavy atom. The van der Waals surface area contributed by atoms with Crippen LogP contribution in [0.4, 0.5) is 0 Å². The zero-order chi connectivity index (χ0) is 13.4. The van der Waals surface area contributed by atoms with Gasteiger partial charge >= 0.3 is 0 Å². The van der Waals surface area contributed by atoms with E-state index in [0.29, 0.717) is 0 Å². The van der Waals surface area contributed by atoms with E-state index in [4.69, 9.17) is 5.73 Å². The molecule has 0 aliphatic heterocycles. The topological polar surface area (TPSA) is 26.0 Å². The summed E-state index contributed by atoms with van der Waals surface area (Å²) in [5.74, 6) is 0. The summed E-state index contributed by atoms with van der Waals surface area (Å²) in [5, 5.41) is 3.41. The molecule has 1 atom stereocenters. The summed E-state index contributed by atoms with van der Waals surface area (Å²) in [6, 6.07) is 14.6. The van der Waals surface area contributed by atoms with Gasteiger partial charge in [-0.3, -0.25) is 0 Å². The summed E-state index contributed by atoms with van der Waals surface area (Å²) in [4.78, 5) is 0. The largest absolute Gasteiger partial charge is 0.320 e. The first-order valence-corrected chi connectivity index (χ1v) is 7.82. The van der Waals surface area contributed by atoms with Crippen LogP contribution in [0.25, 0.3) is 10.1 Å². The van der Waals surface area contributed by atoms with Crippen molar-refractivity contribution in [2.24, 2.45) is 5.73 Å². The highest BCUT2D eigenvalue weighted by atomic mass is 79.9. The molecule has 0 saturated heterocycles. The Labute approximate surface area is 125 Å². The van der Waals surface area contributed by atoms with E-state index < -0.39 is 0 Å². The second-order valence-electron chi connectivity index (χ2n) is 4.70. The van der Waals surface area contributed by atoms with Crippen LogP contribution in [0.3, 0.4) is 0 Å². The molecule has 1 aromatic heterocycles. The smallest absolute Gasteiger partial charge is 0.0566 e. The van der Waals surface area contributed by atoms with Gasteiger partial charge in [0.25, 0.3) is 0 Å². The van der Waals surface area contributed by atoms with E-state index in [1.165, 1.54) is 21.2 Å². The molecule has 0 aliphatic rings. The normalized spacial score (nSPS) is 12.8. The lowest BCUT2D eigenvalue weighted by Crippen LogP contribution is -2.11. The number of benzene rings is 2. The summed E-state index contributed by atoms with van der Waals surface area (Å²) in [7, 11) is 0. The summed E-state index contributed by atoms with van der Waals surface area (Å²) in [6.07, 6.45) is 0. The summed E-state index contributed by atoms with van der Waals surface area (Å²) in [6.45, 7) is 2.09. The fraction of sp³-hybridized carbons (Fsp3) is 0.125. The molecule has 0 fully saturated rings. The maximum absolute atomic E-state index is 6.42. The van der Waals surface area contributed by atoms with Gasteiger partial charge in [0.1, 0.15) is 0 Å². The van der Waals surface area contributed by atoms with E-state index in [-0.39, 0.29) is 6.04 Å². The molecule has 19 heavy (non-hydrogen) atoms. The fourth-order valence-electron chi connectivity index (χ4n) is 2.24. The maximum Gasteiger partial charge on any atom is 0.0566 e. The predicted octanol–water partition coefficient (Wildman–Crippen LogP) is 5.02. The number of fused-ring (bicyclic) bond motifs is 1. The monoisotopic (exact) mass is 331 g/mol. The SMILES string of the molecule is Cc1ccc(C(N)c2csc3c(Br)cccc23)cc1. The molecule has 3 heteroatoms. The van der Waals surface area contributed by atoms with Gasteiger partial charge in [0.15, 0.2) is 0 Å². The van der Waals surface area contributed by atoms with Gasteiger partial charge in [0, 0.05) is 9.17 Å². The van der Waals surface area contributed by atoms with Crippen LogP contribution < -0.4 is 5.73 Å². The highest BCUT2D eigenvalue weighted by Crippen LogP contribution is 2.36. The van der Waals surface area contributed by atoms with Crippen LogP contribution in [0.5, 0.6) is 0 Å². The molecule has 0 radical (unpaired) electrons. The van der Waals surface area contributed by atoms with Gasteiger partial charge < -0.3 is 5.73 Å². The number of hydrogen-bond acceptors (Lipinski definition) is 2. The van der Waals surface area contributed by atoms with Crippen LogP contribution in [0.15, 0.2) is 52.3 Å². The lowest BCUT2D eigenvalue weighted by atomic mass is 9.98. The number of hydrogen-bond donors (Lipinski definition) is 1. The van der Waals surface area contributed by atoms with Crippen molar-refractivity contribution in [1.82, 2.24) is 0 Å². The molecule has 0 bridgehead atoms. The molecule has 0 saturated carbocycles. The minimum atomic E-state index is -0.0661. The first kappa shape index (κ1) is 12.9. The van der Waals surface area contributed by atoms with E-state index in [2.05, 4.69) is 70.7 Å². The van der Waals surface area contributed by atoms with Crippen LogP contribution in [-0.4, -0.2) is 0 Å². The van der Waals surface area contributed by atoms with Crippen molar-refractivity contribution in [3.8, 4) is 0 Å². The number of rotatable bonds is 2. The summed E-state index contributed by atoms with van der Waals surface area (Å²) in [5.41, 5.74) is 10.0. The van der Waals surface area contributed by atoms with Crippen molar-refractivity contribution in [3.05, 3.63) is 69.0 Å². The van der Waals surface area contributed by atoms with Crippen molar-refractivity contribution in [1.29, 1.82) is 0 Å². The standard InChI is InChI=1S/C16H14BrNS/c1-10-5-7-11(8-6-10)15(18)13-9-19-16-12(13)3-2-4-14(16)17/h2-9,15H,18H2,1H3. The van der Waals surface area contributed by atoms with Gasteiger partial charge in [0.2, 0.25) is 0 Å². The average Bonchev–Trinajstić information content (AvgIpc) is 2.84. The molecule has 0 aliphatic carbocycles. The summed E-state index contributed by atoms with van der Waals surface area (Å²) >= 11 is 5.33. The molecule has 2 aromatic carbocycles. The molecule has 3 rings (SSSR count). The highest BCUT2D eigenvalue weighted by molar-refractivity contribution is 9.10. The molecule has 2 N–H and O–H groups in total. The lowest BCUT2D eigenvalue weighted by Gasteiger charge is -2.12. The number of halogens is 1. The second kappa shape index (κ2) is 5.08. The van der Waals surface area contributed by atoms with Crippen molar-refractivity contribution >= 4 is 37.4 Å². The van der Waals surface area contributed by atoms with Crippen LogP contribution in [0.1, 0.15) is 22.7 Å². The van der Waals surface area contributed by atoms with E-state index in [1.54, 1.807) is 11.3 Å². The molecule has 0 amide bonds. The van der Waals surface area contributed by atoms with Gasteiger partial charge in [-0.2, -0.15) is 0 Å². The molecule has 1 nitrogen and oxygen atoms in total. The van der Waals surface area contributed by atoms with E-state index in [1.807, 2.05) is 0 Å². The third-order valence-electron chi connectivity index (χ3n) is 3.35. The number of nitrogens with two attached hydrogens (primary N) is 1. The highest BCUT2D eigenvalue weighted by Gasteiger charge is 2.14. The van der Waals surface area contributed by atoms with Crippen LogP contribution in [-0.2, 0) is 0 Å². The van der Waals surface area contributed by atoms with Crippen molar-refractivity contribution in [3.63, 3.8) is 0 Å². The Hall–Kier alpha value is -1.16. The number of thiophene rings is 1. The third kappa shape index (κ3) is 2.34. The maximum atomic E-state index is 6.42. The van der Waals surface area contributed by atoms with Crippen molar-refractivity contribution in [2.75, 3.05) is 0 Å².